The number of rotatable bonds is 5. The molecule has 2 aromatic rings. The van der Waals surface area contributed by atoms with Gasteiger partial charge in [0.1, 0.15) is 6.10 Å². The van der Waals surface area contributed by atoms with Crippen LogP contribution in [0.2, 0.25) is 0 Å². The lowest BCUT2D eigenvalue weighted by molar-refractivity contribution is -0.146. The molecular formula is C26H32N2O3. The zero-order chi connectivity index (χ0) is 21.8. The molecule has 31 heavy (non-hydrogen) atoms. The quantitative estimate of drug-likeness (QED) is 0.802. The molecule has 4 rings (SSSR count). The molecule has 2 aliphatic heterocycles. The molecule has 1 unspecified atom stereocenters. The molecule has 0 aromatic heterocycles. The van der Waals surface area contributed by atoms with Crippen LogP contribution in [-0.2, 0) is 20.7 Å². The molecule has 164 valence electrons. The van der Waals surface area contributed by atoms with Gasteiger partial charge >= 0.3 is 0 Å². The van der Waals surface area contributed by atoms with E-state index in [1.165, 1.54) is 16.7 Å². The average molecular weight is 421 g/mol. The first-order chi connectivity index (χ1) is 15.0. The SMILES string of the molecule is CNC(=O)C1(Cc2cccc(-c3ccccc3C)c2)CCN(C(=O)C2CCCO2)CC1. The highest BCUT2D eigenvalue weighted by Crippen LogP contribution is 2.37. The zero-order valence-corrected chi connectivity index (χ0v) is 18.5. The molecule has 5 heteroatoms. The minimum absolute atomic E-state index is 0.0676. The minimum Gasteiger partial charge on any atom is -0.368 e. The fourth-order valence-electron chi connectivity index (χ4n) is 5.02. The predicted octanol–water partition coefficient (Wildman–Crippen LogP) is 3.74. The molecule has 5 nitrogen and oxygen atoms in total. The summed E-state index contributed by atoms with van der Waals surface area (Å²) >= 11 is 0. The standard InChI is InChI=1S/C26H32N2O3/c1-19-7-3-4-10-22(19)21-9-5-8-20(17-21)18-26(25(30)27-2)12-14-28(15-13-26)24(29)23-11-6-16-31-23/h3-5,7-10,17,23H,6,11-16,18H2,1-2H3,(H,27,30). The molecule has 2 heterocycles. The number of aryl methyl sites for hydroxylation is 1. The van der Waals surface area contributed by atoms with Gasteiger partial charge in [0.25, 0.3) is 5.91 Å². The van der Waals surface area contributed by atoms with Gasteiger partial charge in [-0.3, -0.25) is 9.59 Å². The van der Waals surface area contributed by atoms with Gasteiger partial charge < -0.3 is 15.0 Å². The highest BCUT2D eigenvalue weighted by Gasteiger charge is 2.43. The molecule has 2 aromatic carbocycles. The molecule has 2 aliphatic rings. The summed E-state index contributed by atoms with van der Waals surface area (Å²) in [6, 6.07) is 16.9. The molecular weight excluding hydrogens is 388 g/mol. The molecule has 0 bridgehead atoms. The maximum Gasteiger partial charge on any atom is 0.251 e. The summed E-state index contributed by atoms with van der Waals surface area (Å²) in [7, 11) is 1.71. The van der Waals surface area contributed by atoms with E-state index >= 15 is 0 Å². The summed E-state index contributed by atoms with van der Waals surface area (Å²) in [5, 5.41) is 2.88. The van der Waals surface area contributed by atoms with Crippen LogP contribution in [0.4, 0.5) is 0 Å². The molecule has 2 fully saturated rings. The van der Waals surface area contributed by atoms with Crippen molar-refractivity contribution in [2.24, 2.45) is 5.41 Å². The zero-order valence-electron chi connectivity index (χ0n) is 18.5. The molecule has 1 atom stereocenters. The second-order valence-electron chi connectivity index (χ2n) is 8.88. The highest BCUT2D eigenvalue weighted by atomic mass is 16.5. The van der Waals surface area contributed by atoms with Gasteiger partial charge in [-0.1, -0.05) is 48.5 Å². The third-order valence-corrected chi connectivity index (χ3v) is 6.87. The topological polar surface area (TPSA) is 58.6 Å². The number of nitrogens with zero attached hydrogens (tertiary/aromatic N) is 1. The van der Waals surface area contributed by atoms with Gasteiger partial charge in [0.2, 0.25) is 5.91 Å². The van der Waals surface area contributed by atoms with Crippen LogP contribution >= 0.6 is 0 Å². The Bertz CT molecular complexity index is 941. The third kappa shape index (κ3) is 4.52. The number of hydrogen-bond acceptors (Lipinski definition) is 3. The van der Waals surface area contributed by atoms with E-state index in [1.54, 1.807) is 7.05 Å². The number of benzene rings is 2. The van der Waals surface area contributed by atoms with E-state index in [0.29, 0.717) is 39.0 Å². The van der Waals surface area contributed by atoms with E-state index in [4.69, 9.17) is 4.74 Å². The maximum absolute atomic E-state index is 13.0. The van der Waals surface area contributed by atoms with Crippen molar-refractivity contribution in [1.29, 1.82) is 0 Å². The molecule has 2 amide bonds. The van der Waals surface area contributed by atoms with Gasteiger partial charge in [-0.2, -0.15) is 0 Å². The van der Waals surface area contributed by atoms with E-state index in [9.17, 15) is 9.59 Å². The summed E-state index contributed by atoms with van der Waals surface area (Å²) < 4.78 is 5.58. The molecule has 1 N–H and O–H groups in total. The number of piperidine rings is 1. The molecule has 0 radical (unpaired) electrons. The van der Waals surface area contributed by atoms with Crippen molar-refractivity contribution >= 4 is 11.8 Å². The van der Waals surface area contributed by atoms with Gasteiger partial charge in [0, 0.05) is 26.7 Å². The van der Waals surface area contributed by atoms with Crippen molar-refractivity contribution in [3.63, 3.8) is 0 Å². The lowest BCUT2D eigenvalue weighted by Crippen LogP contribution is -2.52. The summed E-state index contributed by atoms with van der Waals surface area (Å²) in [5.74, 6) is 0.155. The van der Waals surface area contributed by atoms with E-state index in [0.717, 1.165) is 18.4 Å². The highest BCUT2D eigenvalue weighted by molar-refractivity contribution is 5.84. The summed E-state index contributed by atoms with van der Waals surface area (Å²) in [4.78, 5) is 27.6. The predicted molar refractivity (Wildman–Crippen MR) is 122 cm³/mol. The van der Waals surface area contributed by atoms with Crippen molar-refractivity contribution in [3.05, 3.63) is 59.7 Å². The Kier molecular flexibility index (Phi) is 6.42. The normalized spacial score (nSPS) is 20.5. The second-order valence-corrected chi connectivity index (χ2v) is 8.88. The number of amides is 2. The Morgan fingerprint density at radius 1 is 1.13 bits per heavy atom. The number of ether oxygens (including phenoxy) is 1. The van der Waals surface area contributed by atoms with Crippen LogP contribution in [0.25, 0.3) is 11.1 Å². The minimum atomic E-state index is -0.494. The first kappa shape index (κ1) is 21.6. The second kappa shape index (κ2) is 9.23. The number of hydrogen-bond donors (Lipinski definition) is 1. The lowest BCUT2D eigenvalue weighted by Gasteiger charge is -2.41. The van der Waals surface area contributed by atoms with Crippen LogP contribution in [0.15, 0.2) is 48.5 Å². The fraction of sp³-hybridized carbons (Fsp3) is 0.462. The molecule has 0 saturated carbocycles. The largest absolute Gasteiger partial charge is 0.368 e. The van der Waals surface area contributed by atoms with Crippen LogP contribution in [-0.4, -0.2) is 49.6 Å². The Hall–Kier alpha value is -2.66. The van der Waals surface area contributed by atoms with E-state index in [2.05, 4.69) is 60.8 Å². The van der Waals surface area contributed by atoms with E-state index in [-0.39, 0.29) is 17.9 Å². The van der Waals surface area contributed by atoms with Crippen molar-refractivity contribution in [3.8, 4) is 11.1 Å². The summed E-state index contributed by atoms with van der Waals surface area (Å²) in [5.41, 5.74) is 4.29. The van der Waals surface area contributed by atoms with Gasteiger partial charge in [0.15, 0.2) is 0 Å². The van der Waals surface area contributed by atoms with Crippen LogP contribution < -0.4 is 5.32 Å². The van der Waals surface area contributed by atoms with Crippen molar-refractivity contribution in [2.75, 3.05) is 26.7 Å². The van der Waals surface area contributed by atoms with Gasteiger partial charge in [-0.25, -0.2) is 0 Å². The van der Waals surface area contributed by atoms with Gasteiger partial charge in [-0.15, -0.1) is 0 Å². The van der Waals surface area contributed by atoms with Crippen molar-refractivity contribution in [2.45, 2.75) is 45.1 Å². The van der Waals surface area contributed by atoms with Crippen LogP contribution in [0.1, 0.15) is 36.8 Å². The molecule has 2 saturated heterocycles. The summed E-state index contributed by atoms with van der Waals surface area (Å²) in [6.45, 7) is 3.99. The maximum atomic E-state index is 13.0. The Morgan fingerprint density at radius 2 is 1.90 bits per heavy atom. The number of carbonyl (C=O) groups excluding carboxylic acids is 2. The van der Waals surface area contributed by atoms with Crippen LogP contribution in [0.5, 0.6) is 0 Å². The first-order valence-corrected chi connectivity index (χ1v) is 11.3. The summed E-state index contributed by atoms with van der Waals surface area (Å²) in [6.07, 6.45) is 3.47. The van der Waals surface area contributed by atoms with Crippen molar-refractivity contribution in [1.82, 2.24) is 10.2 Å². The number of nitrogens with one attached hydrogen (secondary N) is 1. The van der Waals surface area contributed by atoms with Crippen LogP contribution in [0.3, 0.4) is 0 Å². The van der Waals surface area contributed by atoms with Gasteiger partial charge in [-0.05, 0) is 61.3 Å². The van der Waals surface area contributed by atoms with Gasteiger partial charge in [0.05, 0.1) is 5.41 Å². The number of likely N-dealkylation sites (tertiary alicyclic amines) is 1. The first-order valence-electron chi connectivity index (χ1n) is 11.3. The number of carbonyl (C=O) groups is 2. The van der Waals surface area contributed by atoms with E-state index < -0.39 is 5.41 Å². The average Bonchev–Trinajstić information content (AvgIpc) is 3.34. The third-order valence-electron chi connectivity index (χ3n) is 6.87. The molecule has 0 aliphatic carbocycles. The fourth-order valence-corrected chi connectivity index (χ4v) is 5.02. The lowest BCUT2D eigenvalue weighted by atomic mass is 9.72. The molecule has 0 spiro atoms. The van der Waals surface area contributed by atoms with Crippen LogP contribution in [0, 0.1) is 12.3 Å². The monoisotopic (exact) mass is 420 g/mol. The van der Waals surface area contributed by atoms with Crippen molar-refractivity contribution < 1.29 is 14.3 Å². The Labute approximate surface area is 184 Å². The Morgan fingerprint density at radius 3 is 2.58 bits per heavy atom. The van der Waals surface area contributed by atoms with E-state index in [1.807, 2.05) is 4.90 Å². The Balaban J connectivity index is 1.52. The smallest absolute Gasteiger partial charge is 0.251 e.